The minimum Gasteiger partial charge on any atom is -0.390 e. The van der Waals surface area contributed by atoms with Gasteiger partial charge in [-0.1, -0.05) is 56.3 Å². The summed E-state index contributed by atoms with van der Waals surface area (Å²) in [4.78, 5) is 40.2. The van der Waals surface area contributed by atoms with Crippen LogP contribution < -0.4 is 16.4 Å². The van der Waals surface area contributed by atoms with Crippen LogP contribution >= 0.6 is 12.4 Å². The summed E-state index contributed by atoms with van der Waals surface area (Å²) in [5.74, 6) is -0.993. The Labute approximate surface area is 206 Å². The first-order valence-corrected chi connectivity index (χ1v) is 11.5. The van der Waals surface area contributed by atoms with Gasteiger partial charge in [0.1, 0.15) is 12.1 Å². The molecule has 3 atom stereocenters. The van der Waals surface area contributed by atoms with Gasteiger partial charge in [0.2, 0.25) is 17.7 Å². The van der Waals surface area contributed by atoms with E-state index in [9.17, 15) is 19.5 Å². The minimum atomic E-state index is -0.861. The number of rotatable bonds is 9. The molecule has 9 heteroatoms. The van der Waals surface area contributed by atoms with E-state index in [1.165, 1.54) is 0 Å². The Morgan fingerprint density at radius 2 is 1.85 bits per heavy atom. The number of aliphatic hydroxyl groups is 1. The van der Waals surface area contributed by atoms with Gasteiger partial charge in [-0.05, 0) is 29.2 Å². The number of hydrogen-bond acceptors (Lipinski definition) is 5. The molecule has 0 radical (unpaired) electrons. The number of likely N-dealkylation sites (tertiary alicyclic amines) is 1. The lowest BCUT2D eigenvalue weighted by Crippen LogP contribution is -2.55. The summed E-state index contributed by atoms with van der Waals surface area (Å²) in [6.45, 7) is 4.19. The van der Waals surface area contributed by atoms with Gasteiger partial charge in [0.25, 0.3) is 0 Å². The number of amides is 3. The molecule has 2 aromatic carbocycles. The lowest BCUT2D eigenvalue weighted by Gasteiger charge is -2.27. The van der Waals surface area contributed by atoms with Gasteiger partial charge in [-0.15, -0.1) is 12.4 Å². The number of nitrogens with two attached hydrogens (primary N) is 1. The van der Waals surface area contributed by atoms with Crippen LogP contribution in [0.2, 0.25) is 0 Å². The highest BCUT2D eigenvalue weighted by atomic mass is 35.5. The van der Waals surface area contributed by atoms with Crippen LogP contribution in [0.4, 0.5) is 0 Å². The number of fused-ring (bicyclic) bond motifs is 1. The Kier molecular flexibility index (Phi) is 10.3. The largest absolute Gasteiger partial charge is 0.390 e. The molecular formula is C25H35ClN4O4. The summed E-state index contributed by atoms with van der Waals surface area (Å²) < 4.78 is 0. The van der Waals surface area contributed by atoms with E-state index in [4.69, 9.17) is 5.73 Å². The van der Waals surface area contributed by atoms with Crippen LogP contribution in [0, 0.1) is 5.92 Å². The van der Waals surface area contributed by atoms with E-state index >= 15 is 0 Å². The van der Waals surface area contributed by atoms with Crippen molar-refractivity contribution in [1.82, 2.24) is 15.5 Å². The van der Waals surface area contributed by atoms with Crippen molar-refractivity contribution < 1.29 is 19.5 Å². The highest BCUT2D eigenvalue weighted by molar-refractivity contribution is 5.93. The van der Waals surface area contributed by atoms with Gasteiger partial charge in [-0.25, -0.2) is 0 Å². The van der Waals surface area contributed by atoms with E-state index in [0.29, 0.717) is 13.0 Å². The zero-order valence-corrected chi connectivity index (χ0v) is 20.5. The molecule has 2 aromatic rings. The fraction of sp³-hybridized carbons (Fsp3) is 0.480. The van der Waals surface area contributed by atoms with Crippen LogP contribution in [0.15, 0.2) is 42.5 Å². The first-order valence-electron chi connectivity index (χ1n) is 11.5. The summed E-state index contributed by atoms with van der Waals surface area (Å²) in [5, 5.41) is 17.4. The van der Waals surface area contributed by atoms with Crippen LogP contribution in [0.3, 0.4) is 0 Å². The van der Waals surface area contributed by atoms with E-state index < -0.39 is 24.1 Å². The second-order valence-electron chi connectivity index (χ2n) is 8.93. The summed E-state index contributed by atoms with van der Waals surface area (Å²) >= 11 is 0. The molecule has 1 saturated heterocycles. The van der Waals surface area contributed by atoms with E-state index in [2.05, 4.69) is 10.6 Å². The van der Waals surface area contributed by atoms with E-state index in [1.54, 1.807) is 4.90 Å². The standard InChI is InChI=1S/C25H34N4O4.ClH/c1-16(2)25(33)29-11-5-8-22(29)24(32)28-21(23(31)27-15-20(30)14-26)13-17-9-10-18-6-3-4-7-19(18)12-17;/h3-4,6-7,9-10,12,16,20-22,30H,5,8,11,13-15,26H2,1-2H3,(H,27,31)(H,28,32);1H/t20?,21-,22+;/m1./s1. The first-order chi connectivity index (χ1) is 15.8. The maximum atomic E-state index is 13.1. The van der Waals surface area contributed by atoms with Gasteiger partial charge >= 0.3 is 0 Å². The number of benzene rings is 2. The number of nitrogens with zero attached hydrogens (tertiary/aromatic N) is 1. The van der Waals surface area contributed by atoms with Crippen molar-refractivity contribution in [3.63, 3.8) is 0 Å². The fourth-order valence-electron chi connectivity index (χ4n) is 4.14. The van der Waals surface area contributed by atoms with Crippen molar-refractivity contribution in [2.75, 3.05) is 19.6 Å². The highest BCUT2D eigenvalue weighted by Gasteiger charge is 2.36. The summed E-state index contributed by atoms with van der Waals surface area (Å²) in [6, 6.07) is 12.4. The average Bonchev–Trinajstić information content (AvgIpc) is 3.31. The number of halogens is 1. The quantitative estimate of drug-likeness (QED) is 0.422. The fourth-order valence-corrected chi connectivity index (χ4v) is 4.14. The molecule has 8 nitrogen and oxygen atoms in total. The summed E-state index contributed by atoms with van der Waals surface area (Å²) in [7, 11) is 0. The molecule has 186 valence electrons. The molecule has 1 unspecified atom stereocenters. The normalized spacial score (nSPS) is 17.2. The Balaban J connectivity index is 0.00000408. The Morgan fingerprint density at radius 1 is 1.15 bits per heavy atom. The number of hydrogen-bond donors (Lipinski definition) is 4. The van der Waals surface area contributed by atoms with Gasteiger partial charge in [-0.3, -0.25) is 14.4 Å². The van der Waals surface area contributed by atoms with Gasteiger partial charge in [0.05, 0.1) is 6.10 Å². The maximum absolute atomic E-state index is 13.1. The minimum absolute atomic E-state index is 0. The molecule has 5 N–H and O–H groups in total. The van der Waals surface area contributed by atoms with E-state index in [0.717, 1.165) is 22.8 Å². The molecule has 0 aliphatic carbocycles. The first kappa shape index (κ1) is 27.6. The van der Waals surface area contributed by atoms with Crippen LogP contribution in [0.5, 0.6) is 0 Å². The molecule has 1 aliphatic heterocycles. The lowest BCUT2D eigenvalue weighted by atomic mass is 10.0. The predicted octanol–water partition coefficient (Wildman–Crippen LogP) is 1.37. The van der Waals surface area contributed by atoms with Crippen molar-refractivity contribution in [2.24, 2.45) is 11.7 Å². The molecule has 0 aromatic heterocycles. The molecule has 1 aliphatic rings. The Hall–Kier alpha value is -2.68. The smallest absolute Gasteiger partial charge is 0.243 e. The molecule has 0 saturated carbocycles. The number of carbonyl (C=O) groups is 3. The molecule has 1 fully saturated rings. The van der Waals surface area contributed by atoms with Crippen LogP contribution in [0.25, 0.3) is 10.8 Å². The lowest BCUT2D eigenvalue weighted by molar-refractivity contribution is -0.141. The van der Waals surface area contributed by atoms with E-state index in [1.807, 2.05) is 56.3 Å². The van der Waals surface area contributed by atoms with Crippen LogP contribution in [-0.4, -0.2) is 65.5 Å². The van der Waals surface area contributed by atoms with E-state index in [-0.39, 0.29) is 49.6 Å². The third-order valence-corrected chi connectivity index (χ3v) is 6.00. The van der Waals surface area contributed by atoms with Crippen molar-refractivity contribution in [1.29, 1.82) is 0 Å². The number of nitrogens with one attached hydrogen (secondary N) is 2. The number of carbonyl (C=O) groups excluding carboxylic acids is 3. The molecule has 0 bridgehead atoms. The Bertz CT molecular complexity index is 1000. The maximum Gasteiger partial charge on any atom is 0.243 e. The van der Waals surface area contributed by atoms with Crippen LogP contribution in [-0.2, 0) is 20.8 Å². The topological polar surface area (TPSA) is 125 Å². The average molecular weight is 491 g/mol. The second kappa shape index (κ2) is 12.7. The SMILES string of the molecule is CC(C)C(=O)N1CCC[C@H]1C(=O)N[C@H](Cc1ccc2ccccc2c1)C(=O)NCC(O)CN.Cl. The van der Waals surface area contributed by atoms with Crippen molar-refractivity contribution in [2.45, 2.75) is 51.3 Å². The number of aliphatic hydroxyl groups excluding tert-OH is 1. The molecule has 0 spiro atoms. The summed E-state index contributed by atoms with van der Waals surface area (Å²) in [6.07, 6.45) is 0.743. The second-order valence-corrected chi connectivity index (χ2v) is 8.93. The molecule has 34 heavy (non-hydrogen) atoms. The van der Waals surface area contributed by atoms with Crippen molar-refractivity contribution >= 4 is 40.9 Å². The predicted molar refractivity (Wildman–Crippen MR) is 134 cm³/mol. The zero-order valence-electron chi connectivity index (χ0n) is 19.7. The van der Waals surface area contributed by atoms with Gasteiger partial charge in [-0.2, -0.15) is 0 Å². The zero-order chi connectivity index (χ0) is 24.0. The molecule has 3 amide bonds. The summed E-state index contributed by atoms with van der Waals surface area (Å²) in [5.41, 5.74) is 6.33. The van der Waals surface area contributed by atoms with Gasteiger partial charge < -0.3 is 26.4 Å². The monoisotopic (exact) mass is 490 g/mol. The Morgan fingerprint density at radius 3 is 2.53 bits per heavy atom. The molecular weight excluding hydrogens is 456 g/mol. The van der Waals surface area contributed by atoms with Crippen LogP contribution in [0.1, 0.15) is 32.3 Å². The van der Waals surface area contributed by atoms with Crippen molar-refractivity contribution in [3.05, 3.63) is 48.0 Å². The third-order valence-electron chi connectivity index (χ3n) is 6.00. The van der Waals surface area contributed by atoms with Gasteiger partial charge in [0.15, 0.2) is 0 Å². The molecule has 3 rings (SSSR count). The van der Waals surface area contributed by atoms with Gasteiger partial charge in [0, 0.05) is 32.0 Å². The highest BCUT2D eigenvalue weighted by Crippen LogP contribution is 2.21. The van der Waals surface area contributed by atoms with Crippen molar-refractivity contribution in [3.8, 4) is 0 Å². The third kappa shape index (κ3) is 6.91. The molecule has 1 heterocycles.